The van der Waals surface area contributed by atoms with Crippen LogP contribution in [0.5, 0.6) is 0 Å². The van der Waals surface area contributed by atoms with E-state index < -0.39 is 17.8 Å². The molecular weight excluding hydrogens is 243 g/mol. The van der Waals surface area contributed by atoms with Crippen LogP contribution in [0.3, 0.4) is 0 Å². The van der Waals surface area contributed by atoms with Crippen molar-refractivity contribution in [2.45, 2.75) is 18.8 Å². The molecule has 96 valence electrons. The highest BCUT2D eigenvalue weighted by molar-refractivity contribution is 5.27. The van der Waals surface area contributed by atoms with Gasteiger partial charge in [0.25, 0.3) is 0 Å². The van der Waals surface area contributed by atoms with Crippen LogP contribution < -0.4 is 5.73 Å². The van der Waals surface area contributed by atoms with Crippen LogP contribution in [0, 0.1) is 0 Å². The van der Waals surface area contributed by atoms with Gasteiger partial charge < -0.3 is 10.3 Å². The Hall–Kier alpha value is -1.82. The first kappa shape index (κ1) is 12.6. The highest BCUT2D eigenvalue weighted by Gasteiger charge is 2.30. The van der Waals surface area contributed by atoms with E-state index >= 15 is 0 Å². The van der Waals surface area contributed by atoms with Crippen molar-refractivity contribution >= 4 is 0 Å². The van der Waals surface area contributed by atoms with Gasteiger partial charge in [0, 0.05) is 25.0 Å². The van der Waals surface area contributed by atoms with E-state index in [0.717, 1.165) is 12.1 Å². The molecule has 0 saturated carbocycles. The van der Waals surface area contributed by atoms with E-state index in [-0.39, 0.29) is 0 Å². The van der Waals surface area contributed by atoms with E-state index in [1.165, 1.54) is 6.07 Å². The number of alkyl halides is 3. The molecule has 1 aromatic carbocycles. The summed E-state index contributed by atoms with van der Waals surface area (Å²) in [5, 5.41) is 0. The number of benzene rings is 1. The molecule has 0 amide bonds. The SMILES string of the molecule is NC(Cn1ccnc1)c1cccc(C(F)(F)F)c1. The lowest BCUT2D eigenvalue weighted by atomic mass is 10.0. The normalized spacial score (nSPS) is 13.6. The molecule has 6 heteroatoms. The van der Waals surface area contributed by atoms with Gasteiger partial charge in [0.1, 0.15) is 0 Å². The Morgan fingerprint density at radius 2 is 2.11 bits per heavy atom. The molecule has 1 aromatic heterocycles. The zero-order valence-electron chi connectivity index (χ0n) is 9.43. The molecule has 18 heavy (non-hydrogen) atoms. The van der Waals surface area contributed by atoms with Gasteiger partial charge in [0.15, 0.2) is 0 Å². The van der Waals surface area contributed by atoms with Gasteiger partial charge in [-0.1, -0.05) is 12.1 Å². The molecule has 0 radical (unpaired) electrons. The van der Waals surface area contributed by atoms with E-state index in [0.29, 0.717) is 12.1 Å². The lowest BCUT2D eigenvalue weighted by Gasteiger charge is -2.15. The number of nitrogens with two attached hydrogens (primary N) is 1. The van der Waals surface area contributed by atoms with Gasteiger partial charge in [-0.15, -0.1) is 0 Å². The van der Waals surface area contributed by atoms with Crippen molar-refractivity contribution in [1.82, 2.24) is 9.55 Å². The lowest BCUT2D eigenvalue weighted by molar-refractivity contribution is -0.137. The van der Waals surface area contributed by atoms with Crippen molar-refractivity contribution in [1.29, 1.82) is 0 Å². The smallest absolute Gasteiger partial charge is 0.336 e. The second-order valence-electron chi connectivity index (χ2n) is 3.99. The van der Waals surface area contributed by atoms with Crippen molar-refractivity contribution in [2.75, 3.05) is 0 Å². The van der Waals surface area contributed by atoms with Crippen LogP contribution in [-0.4, -0.2) is 9.55 Å². The molecule has 2 aromatic rings. The maximum Gasteiger partial charge on any atom is 0.416 e. The summed E-state index contributed by atoms with van der Waals surface area (Å²) >= 11 is 0. The number of halogens is 3. The van der Waals surface area contributed by atoms with E-state index in [1.807, 2.05) is 0 Å². The average molecular weight is 255 g/mol. The summed E-state index contributed by atoms with van der Waals surface area (Å²) < 4.78 is 39.4. The van der Waals surface area contributed by atoms with Gasteiger partial charge in [0.05, 0.1) is 11.9 Å². The first-order chi connectivity index (χ1) is 8.47. The number of imidazole rings is 1. The fourth-order valence-corrected chi connectivity index (χ4v) is 1.67. The summed E-state index contributed by atoms with van der Waals surface area (Å²) in [4.78, 5) is 3.85. The highest BCUT2D eigenvalue weighted by atomic mass is 19.4. The zero-order valence-corrected chi connectivity index (χ0v) is 9.43. The van der Waals surface area contributed by atoms with Crippen LogP contribution in [0.4, 0.5) is 13.2 Å². The van der Waals surface area contributed by atoms with Crippen molar-refractivity contribution in [3.8, 4) is 0 Å². The first-order valence-electron chi connectivity index (χ1n) is 5.35. The Morgan fingerprint density at radius 3 is 2.72 bits per heavy atom. The third-order valence-electron chi connectivity index (χ3n) is 2.61. The minimum absolute atomic E-state index is 0.390. The van der Waals surface area contributed by atoms with E-state index in [9.17, 15) is 13.2 Å². The van der Waals surface area contributed by atoms with Gasteiger partial charge in [0.2, 0.25) is 0 Å². The number of hydrogen-bond donors (Lipinski definition) is 1. The van der Waals surface area contributed by atoms with Crippen LogP contribution in [0.15, 0.2) is 43.0 Å². The second-order valence-corrected chi connectivity index (χ2v) is 3.99. The van der Waals surface area contributed by atoms with Gasteiger partial charge in [-0.2, -0.15) is 13.2 Å². The molecular formula is C12H12F3N3. The quantitative estimate of drug-likeness (QED) is 0.916. The predicted octanol–water partition coefficient (Wildman–Crippen LogP) is 2.60. The largest absolute Gasteiger partial charge is 0.416 e. The van der Waals surface area contributed by atoms with Crippen molar-refractivity contribution in [3.05, 3.63) is 54.1 Å². The number of rotatable bonds is 3. The number of aromatic nitrogens is 2. The lowest BCUT2D eigenvalue weighted by Crippen LogP contribution is -2.17. The molecule has 0 saturated heterocycles. The summed E-state index contributed by atoms with van der Waals surface area (Å²) in [6.07, 6.45) is 0.546. The van der Waals surface area contributed by atoms with Crippen LogP contribution in [0.25, 0.3) is 0 Å². The van der Waals surface area contributed by atoms with E-state index in [2.05, 4.69) is 4.98 Å². The van der Waals surface area contributed by atoms with Crippen LogP contribution in [-0.2, 0) is 12.7 Å². The molecule has 0 aliphatic carbocycles. The van der Waals surface area contributed by atoms with Gasteiger partial charge in [-0.05, 0) is 17.7 Å². The van der Waals surface area contributed by atoms with Crippen LogP contribution in [0.2, 0.25) is 0 Å². The third kappa shape index (κ3) is 2.89. The zero-order chi connectivity index (χ0) is 13.2. The maximum absolute atomic E-state index is 12.6. The van der Waals surface area contributed by atoms with Crippen LogP contribution in [0.1, 0.15) is 17.2 Å². The van der Waals surface area contributed by atoms with Crippen molar-refractivity contribution < 1.29 is 13.2 Å². The highest BCUT2D eigenvalue weighted by Crippen LogP contribution is 2.30. The summed E-state index contributed by atoms with van der Waals surface area (Å²) in [6.45, 7) is 0.390. The molecule has 0 bridgehead atoms. The Bertz CT molecular complexity index is 506. The van der Waals surface area contributed by atoms with Gasteiger partial charge >= 0.3 is 6.18 Å². The Morgan fingerprint density at radius 1 is 1.33 bits per heavy atom. The second kappa shape index (κ2) is 4.81. The fraction of sp³-hybridized carbons (Fsp3) is 0.250. The third-order valence-corrected chi connectivity index (χ3v) is 2.61. The molecule has 1 heterocycles. The minimum atomic E-state index is -4.34. The monoisotopic (exact) mass is 255 g/mol. The molecule has 0 spiro atoms. The standard InChI is InChI=1S/C12H12F3N3/c13-12(14,15)10-3-1-2-9(6-10)11(16)7-18-5-4-17-8-18/h1-6,8,11H,7,16H2. The Kier molecular flexibility index (Phi) is 3.38. The first-order valence-corrected chi connectivity index (χ1v) is 5.35. The summed E-state index contributed by atoms with van der Waals surface area (Å²) in [6, 6.07) is 4.58. The molecule has 1 unspecified atom stereocenters. The van der Waals surface area contributed by atoms with E-state index in [1.54, 1.807) is 29.4 Å². The molecule has 2 N–H and O–H groups in total. The van der Waals surface area contributed by atoms with E-state index in [4.69, 9.17) is 5.73 Å². The van der Waals surface area contributed by atoms with Gasteiger partial charge in [-0.25, -0.2) is 4.98 Å². The average Bonchev–Trinajstić information content (AvgIpc) is 2.81. The predicted molar refractivity (Wildman–Crippen MR) is 60.6 cm³/mol. The number of hydrogen-bond acceptors (Lipinski definition) is 2. The van der Waals surface area contributed by atoms with Crippen molar-refractivity contribution in [3.63, 3.8) is 0 Å². The Balaban J connectivity index is 2.18. The summed E-state index contributed by atoms with van der Waals surface area (Å²) in [7, 11) is 0. The molecule has 0 aliphatic heterocycles. The van der Waals surface area contributed by atoms with Gasteiger partial charge in [-0.3, -0.25) is 0 Å². The molecule has 1 atom stereocenters. The Labute approximate surface area is 102 Å². The topological polar surface area (TPSA) is 43.8 Å². The number of nitrogens with zero attached hydrogens (tertiary/aromatic N) is 2. The maximum atomic E-state index is 12.6. The fourth-order valence-electron chi connectivity index (χ4n) is 1.67. The summed E-state index contributed by atoms with van der Waals surface area (Å²) in [5.74, 6) is 0. The molecule has 3 nitrogen and oxygen atoms in total. The molecule has 0 aliphatic rings. The molecule has 2 rings (SSSR count). The molecule has 0 fully saturated rings. The summed E-state index contributed by atoms with van der Waals surface area (Å²) in [5.41, 5.74) is 5.66. The van der Waals surface area contributed by atoms with Crippen molar-refractivity contribution in [2.24, 2.45) is 5.73 Å². The van der Waals surface area contributed by atoms with Crippen LogP contribution >= 0.6 is 0 Å². The minimum Gasteiger partial charge on any atom is -0.336 e.